The lowest BCUT2D eigenvalue weighted by Gasteiger charge is -2.02. The van der Waals surface area contributed by atoms with Crippen LogP contribution >= 0.6 is 0 Å². The summed E-state index contributed by atoms with van der Waals surface area (Å²) in [5.41, 5.74) is 7.71. The van der Waals surface area contributed by atoms with Crippen LogP contribution in [0.25, 0.3) is 10.9 Å². The number of nitrogen functional groups attached to an aromatic ring is 1. The fraction of sp³-hybridized carbons (Fsp3) is 0.333. The van der Waals surface area contributed by atoms with Gasteiger partial charge in [0.1, 0.15) is 5.82 Å². The summed E-state index contributed by atoms with van der Waals surface area (Å²) in [6.07, 6.45) is 1.67. The summed E-state index contributed by atoms with van der Waals surface area (Å²) in [5.74, 6) is 0.937. The van der Waals surface area contributed by atoms with Crippen LogP contribution in [0.4, 0.5) is 5.82 Å². The van der Waals surface area contributed by atoms with Gasteiger partial charge in [-0.15, -0.1) is 0 Å². The van der Waals surface area contributed by atoms with Crippen molar-refractivity contribution in [3.8, 4) is 0 Å². The number of aromatic nitrogens is 3. The number of nitrogens with two attached hydrogens (primary N) is 1. The van der Waals surface area contributed by atoms with Gasteiger partial charge in [0.15, 0.2) is 0 Å². The lowest BCUT2D eigenvalue weighted by atomic mass is 10.1. The van der Waals surface area contributed by atoms with Crippen LogP contribution < -0.4 is 5.73 Å². The third-order valence-electron chi connectivity index (χ3n) is 2.10. The van der Waals surface area contributed by atoms with Gasteiger partial charge < -0.3 is 5.73 Å². The Kier molecular flexibility index (Phi) is 1.69. The highest BCUT2D eigenvalue weighted by Gasteiger charge is 2.11. The maximum absolute atomic E-state index is 5.77. The van der Waals surface area contributed by atoms with Crippen LogP contribution in [0, 0.1) is 0 Å². The molecule has 3 N–H and O–H groups in total. The molecule has 2 rings (SSSR count). The van der Waals surface area contributed by atoms with Crippen molar-refractivity contribution >= 4 is 16.7 Å². The third kappa shape index (κ3) is 1.14. The molecule has 2 aromatic heterocycles. The highest BCUT2D eigenvalue weighted by atomic mass is 15.1. The quantitative estimate of drug-likeness (QED) is 0.694. The summed E-state index contributed by atoms with van der Waals surface area (Å²) in [4.78, 5) is 4.04. The molecule has 4 nitrogen and oxygen atoms in total. The molecule has 4 heteroatoms. The Bertz CT molecular complexity index is 430. The minimum atomic E-state index is 0.386. The molecule has 0 atom stereocenters. The second-order valence-corrected chi connectivity index (χ2v) is 3.38. The zero-order valence-electron chi connectivity index (χ0n) is 7.70. The summed E-state index contributed by atoms with van der Waals surface area (Å²) in [5, 5.41) is 8.10. The van der Waals surface area contributed by atoms with E-state index < -0.39 is 0 Å². The number of pyridine rings is 1. The summed E-state index contributed by atoms with van der Waals surface area (Å²) in [7, 11) is 0. The summed E-state index contributed by atoms with van der Waals surface area (Å²) < 4.78 is 0. The lowest BCUT2D eigenvalue weighted by Crippen LogP contribution is -1.94. The smallest absolute Gasteiger partial charge is 0.134 e. The zero-order valence-corrected chi connectivity index (χ0v) is 7.70. The number of anilines is 1. The first-order valence-corrected chi connectivity index (χ1v) is 4.28. The van der Waals surface area contributed by atoms with Crippen LogP contribution in [-0.4, -0.2) is 15.2 Å². The number of nitrogens with zero attached hydrogens (tertiary/aromatic N) is 2. The molecule has 0 bridgehead atoms. The highest BCUT2D eigenvalue weighted by molar-refractivity contribution is 5.90. The fourth-order valence-corrected chi connectivity index (χ4v) is 1.43. The van der Waals surface area contributed by atoms with Gasteiger partial charge in [0.2, 0.25) is 0 Å². The number of hydrogen-bond donors (Lipinski definition) is 2. The van der Waals surface area contributed by atoms with Gasteiger partial charge in [-0.1, -0.05) is 13.8 Å². The topological polar surface area (TPSA) is 67.6 Å². The molecule has 0 aromatic carbocycles. The van der Waals surface area contributed by atoms with E-state index in [2.05, 4.69) is 29.0 Å². The van der Waals surface area contributed by atoms with E-state index >= 15 is 0 Å². The lowest BCUT2D eigenvalue weighted by molar-refractivity contribution is 0.818. The predicted octanol–water partition coefficient (Wildman–Crippen LogP) is 1.66. The van der Waals surface area contributed by atoms with Gasteiger partial charge in [-0.05, 0) is 12.0 Å². The largest absolute Gasteiger partial charge is 0.383 e. The number of rotatable bonds is 1. The van der Waals surface area contributed by atoms with Gasteiger partial charge in [-0.2, -0.15) is 5.10 Å². The molecule has 0 fully saturated rings. The monoisotopic (exact) mass is 176 g/mol. The number of aromatic amines is 1. The Labute approximate surface area is 76.2 Å². The van der Waals surface area contributed by atoms with Crippen molar-refractivity contribution in [3.63, 3.8) is 0 Å². The van der Waals surface area contributed by atoms with Crippen molar-refractivity contribution in [2.75, 3.05) is 5.73 Å². The van der Waals surface area contributed by atoms with Crippen molar-refractivity contribution in [1.82, 2.24) is 15.2 Å². The Hall–Kier alpha value is -1.58. The zero-order chi connectivity index (χ0) is 9.42. The SMILES string of the molecule is CC(C)c1[nH]nc2ccnc(N)c12. The molecular formula is C9H12N4. The molecule has 0 saturated heterocycles. The van der Waals surface area contributed by atoms with Crippen LogP contribution in [0.5, 0.6) is 0 Å². The Morgan fingerprint density at radius 3 is 2.92 bits per heavy atom. The van der Waals surface area contributed by atoms with E-state index in [1.807, 2.05) is 6.07 Å². The molecular weight excluding hydrogens is 164 g/mol. The van der Waals surface area contributed by atoms with E-state index in [0.29, 0.717) is 11.7 Å². The minimum Gasteiger partial charge on any atom is -0.383 e. The molecule has 68 valence electrons. The van der Waals surface area contributed by atoms with Gasteiger partial charge in [-0.3, -0.25) is 5.10 Å². The fourth-order valence-electron chi connectivity index (χ4n) is 1.43. The molecule has 2 aromatic rings. The molecule has 0 aliphatic heterocycles. The first kappa shape index (κ1) is 8.04. The molecule has 0 aliphatic carbocycles. The molecule has 2 heterocycles. The first-order chi connectivity index (χ1) is 6.20. The Morgan fingerprint density at radius 2 is 2.23 bits per heavy atom. The Balaban J connectivity index is 2.79. The van der Waals surface area contributed by atoms with Crippen molar-refractivity contribution in [3.05, 3.63) is 18.0 Å². The van der Waals surface area contributed by atoms with Crippen molar-refractivity contribution < 1.29 is 0 Å². The number of nitrogens with one attached hydrogen (secondary N) is 1. The van der Waals surface area contributed by atoms with E-state index in [0.717, 1.165) is 16.6 Å². The third-order valence-corrected chi connectivity index (χ3v) is 2.10. The van der Waals surface area contributed by atoms with Crippen molar-refractivity contribution in [2.45, 2.75) is 19.8 Å². The molecule has 13 heavy (non-hydrogen) atoms. The van der Waals surface area contributed by atoms with Crippen LogP contribution in [-0.2, 0) is 0 Å². The molecule has 0 unspecified atom stereocenters. The van der Waals surface area contributed by atoms with E-state index in [1.165, 1.54) is 0 Å². The summed E-state index contributed by atoms with van der Waals surface area (Å²) in [6.45, 7) is 4.19. The highest BCUT2D eigenvalue weighted by Crippen LogP contribution is 2.25. The average molecular weight is 176 g/mol. The second kappa shape index (κ2) is 2.73. The van der Waals surface area contributed by atoms with E-state index in [-0.39, 0.29) is 0 Å². The Morgan fingerprint density at radius 1 is 1.46 bits per heavy atom. The molecule has 0 saturated carbocycles. The summed E-state index contributed by atoms with van der Waals surface area (Å²) >= 11 is 0. The standard InChI is InChI=1S/C9H12N4/c1-5(2)8-7-6(12-13-8)3-4-11-9(7)10/h3-5H,1-2H3,(H2,10,11)(H,12,13). The van der Waals surface area contributed by atoms with Crippen LogP contribution in [0.1, 0.15) is 25.5 Å². The van der Waals surface area contributed by atoms with Gasteiger partial charge in [0, 0.05) is 11.9 Å². The van der Waals surface area contributed by atoms with E-state index in [9.17, 15) is 0 Å². The average Bonchev–Trinajstić information content (AvgIpc) is 2.49. The molecule has 0 radical (unpaired) electrons. The maximum atomic E-state index is 5.77. The van der Waals surface area contributed by atoms with Crippen molar-refractivity contribution in [2.24, 2.45) is 0 Å². The van der Waals surface area contributed by atoms with Gasteiger partial charge >= 0.3 is 0 Å². The van der Waals surface area contributed by atoms with E-state index in [1.54, 1.807) is 6.20 Å². The maximum Gasteiger partial charge on any atom is 0.134 e. The van der Waals surface area contributed by atoms with Gasteiger partial charge in [0.05, 0.1) is 10.9 Å². The van der Waals surface area contributed by atoms with Crippen molar-refractivity contribution in [1.29, 1.82) is 0 Å². The number of H-pyrrole nitrogens is 1. The minimum absolute atomic E-state index is 0.386. The number of hydrogen-bond acceptors (Lipinski definition) is 3. The molecule has 0 spiro atoms. The van der Waals surface area contributed by atoms with Gasteiger partial charge in [0.25, 0.3) is 0 Å². The first-order valence-electron chi connectivity index (χ1n) is 4.28. The van der Waals surface area contributed by atoms with Crippen LogP contribution in [0.2, 0.25) is 0 Å². The molecule has 0 aliphatic rings. The summed E-state index contributed by atoms with van der Waals surface area (Å²) in [6, 6.07) is 1.86. The second-order valence-electron chi connectivity index (χ2n) is 3.38. The van der Waals surface area contributed by atoms with Gasteiger partial charge in [-0.25, -0.2) is 4.98 Å². The molecule has 0 amide bonds. The number of fused-ring (bicyclic) bond motifs is 1. The van der Waals surface area contributed by atoms with E-state index in [4.69, 9.17) is 5.73 Å². The van der Waals surface area contributed by atoms with Crippen LogP contribution in [0.15, 0.2) is 12.3 Å². The van der Waals surface area contributed by atoms with Crippen LogP contribution in [0.3, 0.4) is 0 Å². The predicted molar refractivity (Wildman–Crippen MR) is 52.4 cm³/mol. The normalized spacial score (nSPS) is 11.3.